The number of nitrogens with zero attached hydrogens (tertiary/aromatic N) is 2. The average molecular weight is 577 g/mol. The lowest BCUT2D eigenvalue weighted by Gasteiger charge is -2.21. The van der Waals surface area contributed by atoms with Crippen LogP contribution in [0, 0.1) is 0 Å². The highest BCUT2D eigenvalue weighted by atomic mass is 14.9. The van der Waals surface area contributed by atoms with Gasteiger partial charge in [-0.1, -0.05) is 159 Å². The third kappa shape index (κ3) is 4.85. The van der Waals surface area contributed by atoms with Crippen molar-refractivity contribution < 1.29 is 0 Å². The lowest BCUT2D eigenvalue weighted by atomic mass is 9.82. The van der Waals surface area contributed by atoms with E-state index in [2.05, 4.69) is 159 Å². The summed E-state index contributed by atoms with van der Waals surface area (Å²) in [6, 6.07) is 55.9. The molecule has 0 radical (unpaired) electrons. The fraction of sp³-hybridized carbons (Fsp3) is 0.0698. The SMILES string of the molecule is CC1(C)c2ccccc2-c2cc(-c3ccc(-c4cc(-c5ccccc5)nc(-c5ccc(-c6ccccc6)cc5)n4)cc3)ccc21. The first-order valence-electron chi connectivity index (χ1n) is 15.5. The van der Waals surface area contributed by atoms with E-state index in [1.807, 2.05) is 12.1 Å². The van der Waals surface area contributed by atoms with Crippen LogP contribution in [-0.2, 0) is 5.41 Å². The van der Waals surface area contributed by atoms with Crippen molar-refractivity contribution >= 4 is 0 Å². The molecule has 7 aromatic rings. The summed E-state index contributed by atoms with van der Waals surface area (Å²) in [5.41, 5.74) is 15.2. The zero-order valence-corrected chi connectivity index (χ0v) is 25.4. The Hall–Kier alpha value is -5.60. The fourth-order valence-electron chi connectivity index (χ4n) is 6.66. The van der Waals surface area contributed by atoms with Gasteiger partial charge in [-0.15, -0.1) is 0 Å². The Labute approximate surface area is 264 Å². The molecule has 0 spiro atoms. The van der Waals surface area contributed by atoms with E-state index in [0.717, 1.165) is 33.9 Å². The minimum atomic E-state index is 0.0113. The summed E-state index contributed by atoms with van der Waals surface area (Å²) in [5.74, 6) is 0.718. The van der Waals surface area contributed by atoms with Gasteiger partial charge in [-0.05, 0) is 56.6 Å². The van der Waals surface area contributed by atoms with Crippen LogP contribution in [0.5, 0.6) is 0 Å². The molecule has 2 heteroatoms. The van der Waals surface area contributed by atoms with Crippen molar-refractivity contribution in [3.63, 3.8) is 0 Å². The molecule has 1 aliphatic carbocycles. The lowest BCUT2D eigenvalue weighted by Crippen LogP contribution is -2.14. The Morgan fingerprint density at radius 2 is 0.800 bits per heavy atom. The van der Waals surface area contributed by atoms with E-state index in [0.29, 0.717) is 0 Å². The summed E-state index contributed by atoms with van der Waals surface area (Å²) in [6.45, 7) is 4.65. The molecule has 8 rings (SSSR count). The van der Waals surface area contributed by atoms with Gasteiger partial charge in [0.1, 0.15) is 0 Å². The molecule has 1 aromatic heterocycles. The topological polar surface area (TPSA) is 25.8 Å². The van der Waals surface area contributed by atoms with E-state index >= 15 is 0 Å². The van der Waals surface area contributed by atoms with Gasteiger partial charge in [-0.3, -0.25) is 0 Å². The van der Waals surface area contributed by atoms with Crippen molar-refractivity contribution in [2.24, 2.45) is 0 Å². The van der Waals surface area contributed by atoms with Gasteiger partial charge in [0.15, 0.2) is 5.82 Å². The van der Waals surface area contributed by atoms with E-state index in [-0.39, 0.29) is 5.41 Å². The first-order valence-corrected chi connectivity index (χ1v) is 15.5. The highest BCUT2D eigenvalue weighted by Crippen LogP contribution is 2.49. The van der Waals surface area contributed by atoms with Crippen molar-refractivity contribution in [3.8, 4) is 67.3 Å². The number of benzene rings is 6. The molecule has 0 saturated heterocycles. The van der Waals surface area contributed by atoms with Gasteiger partial charge in [0, 0.05) is 22.1 Å². The molecule has 0 amide bonds. The van der Waals surface area contributed by atoms with Crippen LogP contribution in [-0.4, -0.2) is 9.97 Å². The second-order valence-corrected chi connectivity index (χ2v) is 12.3. The highest BCUT2D eigenvalue weighted by Gasteiger charge is 2.35. The smallest absolute Gasteiger partial charge is 0.160 e. The minimum absolute atomic E-state index is 0.0113. The quantitative estimate of drug-likeness (QED) is 0.204. The molecule has 0 saturated carbocycles. The number of fused-ring (bicyclic) bond motifs is 3. The molecule has 1 heterocycles. The fourth-order valence-corrected chi connectivity index (χ4v) is 6.66. The van der Waals surface area contributed by atoms with Crippen LogP contribution >= 0.6 is 0 Å². The number of aromatic nitrogens is 2. The Kier molecular flexibility index (Phi) is 6.50. The number of hydrogen-bond acceptors (Lipinski definition) is 2. The summed E-state index contributed by atoms with van der Waals surface area (Å²) < 4.78 is 0. The van der Waals surface area contributed by atoms with Crippen LogP contribution in [0.1, 0.15) is 25.0 Å². The Balaban J connectivity index is 1.16. The molecular weight excluding hydrogens is 544 g/mol. The van der Waals surface area contributed by atoms with Crippen molar-refractivity contribution in [3.05, 3.63) is 169 Å². The molecule has 0 fully saturated rings. The van der Waals surface area contributed by atoms with Gasteiger partial charge in [-0.2, -0.15) is 0 Å². The Bertz CT molecular complexity index is 2140. The summed E-state index contributed by atoms with van der Waals surface area (Å²) in [6.07, 6.45) is 0. The number of hydrogen-bond donors (Lipinski definition) is 0. The maximum absolute atomic E-state index is 5.08. The van der Waals surface area contributed by atoms with Gasteiger partial charge in [0.25, 0.3) is 0 Å². The molecule has 0 atom stereocenters. The van der Waals surface area contributed by atoms with E-state index in [1.165, 1.54) is 44.5 Å². The molecule has 0 unspecified atom stereocenters. The molecule has 214 valence electrons. The maximum atomic E-state index is 5.08. The van der Waals surface area contributed by atoms with E-state index in [4.69, 9.17) is 9.97 Å². The normalized spacial score (nSPS) is 12.8. The summed E-state index contributed by atoms with van der Waals surface area (Å²) >= 11 is 0. The van der Waals surface area contributed by atoms with Crippen LogP contribution in [0.25, 0.3) is 67.3 Å². The Morgan fingerprint density at radius 3 is 1.47 bits per heavy atom. The van der Waals surface area contributed by atoms with Crippen LogP contribution in [0.4, 0.5) is 0 Å². The van der Waals surface area contributed by atoms with Crippen LogP contribution in [0.2, 0.25) is 0 Å². The van der Waals surface area contributed by atoms with Crippen molar-refractivity contribution in [2.45, 2.75) is 19.3 Å². The average Bonchev–Trinajstić information content (AvgIpc) is 3.34. The zero-order valence-electron chi connectivity index (χ0n) is 25.4. The maximum Gasteiger partial charge on any atom is 0.160 e. The Morgan fingerprint density at radius 1 is 0.356 bits per heavy atom. The van der Waals surface area contributed by atoms with Crippen molar-refractivity contribution in [2.75, 3.05) is 0 Å². The van der Waals surface area contributed by atoms with Crippen LogP contribution < -0.4 is 0 Å². The largest absolute Gasteiger partial charge is 0.228 e. The molecule has 45 heavy (non-hydrogen) atoms. The summed E-state index contributed by atoms with van der Waals surface area (Å²) in [7, 11) is 0. The van der Waals surface area contributed by atoms with E-state index < -0.39 is 0 Å². The first-order chi connectivity index (χ1) is 22.0. The second-order valence-electron chi connectivity index (χ2n) is 12.3. The molecular formula is C43H32N2. The van der Waals surface area contributed by atoms with Crippen LogP contribution in [0.15, 0.2) is 158 Å². The number of rotatable bonds is 5. The summed E-state index contributed by atoms with van der Waals surface area (Å²) in [5, 5.41) is 0. The molecule has 6 aromatic carbocycles. The van der Waals surface area contributed by atoms with E-state index in [1.54, 1.807) is 0 Å². The third-order valence-corrected chi connectivity index (χ3v) is 9.14. The lowest BCUT2D eigenvalue weighted by molar-refractivity contribution is 0.660. The van der Waals surface area contributed by atoms with Crippen molar-refractivity contribution in [1.29, 1.82) is 0 Å². The van der Waals surface area contributed by atoms with Gasteiger partial charge in [0.2, 0.25) is 0 Å². The monoisotopic (exact) mass is 576 g/mol. The molecule has 0 N–H and O–H groups in total. The minimum Gasteiger partial charge on any atom is -0.228 e. The third-order valence-electron chi connectivity index (χ3n) is 9.14. The predicted octanol–water partition coefficient (Wildman–Crippen LogP) is 11.1. The van der Waals surface area contributed by atoms with E-state index in [9.17, 15) is 0 Å². The van der Waals surface area contributed by atoms with Crippen molar-refractivity contribution in [1.82, 2.24) is 9.97 Å². The molecule has 0 bridgehead atoms. The molecule has 2 nitrogen and oxygen atoms in total. The predicted molar refractivity (Wildman–Crippen MR) is 187 cm³/mol. The summed E-state index contributed by atoms with van der Waals surface area (Å²) in [4.78, 5) is 10.1. The molecule has 0 aliphatic heterocycles. The van der Waals surface area contributed by atoms with Gasteiger partial charge >= 0.3 is 0 Å². The van der Waals surface area contributed by atoms with Crippen LogP contribution in [0.3, 0.4) is 0 Å². The van der Waals surface area contributed by atoms with Gasteiger partial charge < -0.3 is 0 Å². The second kappa shape index (κ2) is 10.8. The highest BCUT2D eigenvalue weighted by molar-refractivity contribution is 5.85. The zero-order chi connectivity index (χ0) is 30.4. The van der Waals surface area contributed by atoms with Gasteiger partial charge in [-0.25, -0.2) is 9.97 Å². The molecule has 1 aliphatic rings. The standard InChI is InChI=1S/C43H32N2/c1-43(2)38-16-10-9-15-36(38)37-27-35(25-26-39(37)43)31-17-21-33(22-18-31)41-28-40(32-13-7-4-8-14-32)44-42(45-41)34-23-19-30(20-24-34)29-11-5-3-6-12-29/h3-28H,1-2H3. The van der Waals surface area contributed by atoms with Gasteiger partial charge in [0.05, 0.1) is 11.4 Å². The first kappa shape index (κ1) is 27.0.